The van der Waals surface area contributed by atoms with Gasteiger partial charge < -0.3 is 10.4 Å². The molecule has 7 nitrogen and oxygen atoms in total. The van der Waals surface area contributed by atoms with Crippen molar-refractivity contribution in [3.63, 3.8) is 0 Å². The lowest BCUT2D eigenvalue weighted by Crippen LogP contribution is -2.57. The maximum Gasteiger partial charge on any atom is 0.436 e. The van der Waals surface area contributed by atoms with E-state index in [1.807, 2.05) is 0 Å². The van der Waals surface area contributed by atoms with Crippen molar-refractivity contribution in [2.24, 2.45) is 0 Å². The minimum absolute atomic E-state index is 0.169. The van der Waals surface area contributed by atoms with Crippen molar-refractivity contribution < 1.29 is 26.7 Å². The molecule has 3 rings (SSSR count). The number of alkyl halides is 3. The molecule has 0 bridgehead atoms. The highest BCUT2D eigenvalue weighted by Crippen LogP contribution is 2.43. The number of fused-ring (bicyclic) bond motifs is 1. The Hall–Kier alpha value is -2.14. The van der Waals surface area contributed by atoms with Gasteiger partial charge in [-0.2, -0.15) is 23.3 Å². The largest absolute Gasteiger partial charge is 0.436 e. The van der Waals surface area contributed by atoms with Gasteiger partial charge in [0, 0.05) is 6.42 Å². The molecule has 124 valence electrons. The van der Waals surface area contributed by atoms with E-state index in [1.165, 1.54) is 24.3 Å². The zero-order valence-electron chi connectivity index (χ0n) is 11.4. The predicted molar refractivity (Wildman–Crippen MR) is 71.9 cm³/mol. The second-order valence-corrected chi connectivity index (χ2v) is 7.13. The van der Waals surface area contributed by atoms with E-state index in [4.69, 9.17) is 0 Å². The van der Waals surface area contributed by atoms with E-state index >= 15 is 0 Å². The Balaban J connectivity index is 2.13. The van der Waals surface area contributed by atoms with E-state index in [2.05, 4.69) is 10.1 Å². The van der Waals surface area contributed by atoms with Crippen LogP contribution in [0.15, 0.2) is 41.6 Å². The molecule has 1 aromatic carbocycles. The van der Waals surface area contributed by atoms with Crippen molar-refractivity contribution in [1.29, 1.82) is 0 Å². The average Bonchev–Trinajstić information content (AvgIpc) is 2.94. The molecule has 2 atom stereocenters. The first-order valence-corrected chi connectivity index (χ1v) is 7.95. The third kappa shape index (κ3) is 2.45. The van der Waals surface area contributed by atoms with Crippen molar-refractivity contribution >= 4 is 15.8 Å². The standard InChI is InChI=1S/C12H11F3N4O3S/c13-12(14,15)11(20)6-9(19-10(18-11)16-7-17-19)23(21,22)8-4-2-1-3-5-8/h1-5,7,9,20H,6H2,(H,16,17,18)/t9-,11-/m1/s1. The molecule has 1 aliphatic heterocycles. The molecule has 2 aromatic rings. The fraction of sp³-hybridized carbons (Fsp3) is 0.333. The van der Waals surface area contributed by atoms with Crippen LogP contribution in [0.5, 0.6) is 0 Å². The maximum absolute atomic E-state index is 13.1. The molecular weight excluding hydrogens is 337 g/mol. The third-order valence-corrected chi connectivity index (χ3v) is 5.55. The quantitative estimate of drug-likeness (QED) is 0.850. The monoisotopic (exact) mass is 348 g/mol. The Morgan fingerprint density at radius 3 is 2.57 bits per heavy atom. The van der Waals surface area contributed by atoms with Crippen LogP contribution in [-0.2, 0) is 9.84 Å². The molecule has 0 fully saturated rings. The SMILES string of the molecule is O=S(=O)(c1ccccc1)[C@@H]1C[C@@](O)(C(F)(F)F)Nc2ncnn21. The minimum Gasteiger partial charge on any atom is -0.363 e. The Kier molecular flexibility index (Phi) is 3.37. The lowest BCUT2D eigenvalue weighted by atomic mass is 10.1. The summed E-state index contributed by atoms with van der Waals surface area (Å²) < 4.78 is 65.5. The van der Waals surface area contributed by atoms with Gasteiger partial charge in [-0.3, -0.25) is 0 Å². The molecule has 0 radical (unpaired) electrons. The number of hydrogen-bond donors (Lipinski definition) is 2. The molecule has 0 saturated heterocycles. The average molecular weight is 348 g/mol. The van der Waals surface area contributed by atoms with Gasteiger partial charge in [0.1, 0.15) is 6.33 Å². The van der Waals surface area contributed by atoms with Crippen molar-refractivity contribution in [1.82, 2.24) is 14.8 Å². The fourth-order valence-corrected chi connectivity index (χ4v) is 4.05. The zero-order chi connectivity index (χ0) is 16.9. The van der Waals surface area contributed by atoms with Crippen molar-refractivity contribution in [3.05, 3.63) is 36.7 Å². The van der Waals surface area contributed by atoms with Crippen molar-refractivity contribution in [2.75, 3.05) is 5.32 Å². The molecule has 11 heteroatoms. The van der Waals surface area contributed by atoms with Gasteiger partial charge in [0.2, 0.25) is 21.5 Å². The van der Waals surface area contributed by atoms with Crippen LogP contribution >= 0.6 is 0 Å². The molecule has 1 aromatic heterocycles. The minimum atomic E-state index is -5.09. The van der Waals surface area contributed by atoms with Gasteiger partial charge >= 0.3 is 6.18 Å². The third-order valence-electron chi connectivity index (χ3n) is 3.53. The molecule has 2 heterocycles. The van der Waals surface area contributed by atoms with Crippen LogP contribution in [0, 0.1) is 0 Å². The van der Waals surface area contributed by atoms with E-state index in [-0.39, 0.29) is 4.90 Å². The van der Waals surface area contributed by atoms with Crippen molar-refractivity contribution in [3.8, 4) is 0 Å². The first-order valence-electron chi connectivity index (χ1n) is 6.41. The van der Waals surface area contributed by atoms with Gasteiger partial charge in [-0.1, -0.05) is 18.2 Å². The van der Waals surface area contributed by atoms with E-state index in [0.717, 1.165) is 11.0 Å². The summed E-state index contributed by atoms with van der Waals surface area (Å²) in [6.07, 6.45) is -5.32. The summed E-state index contributed by atoms with van der Waals surface area (Å²) in [6, 6.07) is 7.01. The number of rotatable bonds is 2. The summed E-state index contributed by atoms with van der Waals surface area (Å²) in [7, 11) is -4.22. The number of benzene rings is 1. The number of anilines is 1. The number of hydrogen-bond acceptors (Lipinski definition) is 6. The summed E-state index contributed by atoms with van der Waals surface area (Å²) in [4.78, 5) is 3.37. The summed E-state index contributed by atoms with van der Waals surface area (Å²) in [6.45, 7) is 0. The number of aliphatic hydroxyl groups is 1. The van der Waals surface area contributed by atoms with Crippen molar-refractivity contribution in [2.45, 2.75) is 28.6 Å². The Bertz CT molecular complexity index is 822. The zero-order valence-corrected chi connectivity index (χ0v) is 12.2. The van der Waals surface area contributed by atoms with Crippen LogP contribution in [0.3, 0.4) is 0 Å². The number of nitrogens with zero attached hydrogens (tertiary/aromatic N) is 3. The molecule has 2 N–H and O–H groups in total. The van der Waals surface area contributed by atoms with E-state index in [9.17, 15) is 26.7 Å². The van der Waals surface area contributed by atoms with Gasteiger partial charge in [-0.05, 0) is 12.1 Å². The summed E-state index contributed by atoms with van der Waals surface area (Å²) >= 11 is 0. The Morgan fingerprint density at radius 2 is 1.96 bits per heavy atom. The summed E-state index contributed by atoms with van der Waals surface area (Å²) in [5.41, 5.74) is -3.41. The van der Waals surface area contributed by atoms with Crippen LogP contribution in [0.25, 0.3) is 0 Å². The molecule has 0 amide bonds. The van der Waals surface area contributed by atoms with Gasteiger partial charge in [-0.15, -0.1) is 0 Å². The van der Waals surface area contributed by atoms with Crippen LogP contribution in [0.2, 0.25) is 0 Å². The van der Waals surface area contributed by atoms with Gasteiger partial charge in [0.25, 0.3) is 0 Å². The smallest absolute Gasteiger partial charge is 0.363 e. The number of sulfone groups is 1. The first kappa shape index (κ1) is 15.7. The van der Waals surface area contributed by atoms with Gasteiger partial charge in [-0.25, -0.2) is 13.1 Å². The van der Waals surface area contributed by atoms with Crippen LogP contribution < -0.4 is 5.32 Å². The fourth-order valence-electron chi connectivity index (χ4n) is 2.32. The molecule has 1 aliphatic rings. The van der Waals surface area contributed by atoms with E-state index < -0.39 is 39.5 Å². The van der Waals surface area contributed by atoms with Crippen LogP contribution in [-0.4, -0.2) is 40.2 Å². The van der Waals surface area contributed by atoms with Crippen LogP contribution in [0.4, 0.5) is 19.1 Å². The molecular formula is C12H11F3N4O3S. The molecule has 0 spiro atoms. The second-order valence-electron chi connectivity index (χ2n) is 5.03. The summed E-state index contributed by atoms with van der Waals surface area (Å²) in [5, 5.41) is 13.6. The highest BCUT2D eigenvalue weighted by molar-refractivity contribution is 7.91. The number of halogens is 3. The number of aromatic nitrogens is 3. The number of nitrogens with one attached hydrogen (secondary N) is 1. The lowest BCUT2D eigenvalue weighted by Gasteiger charge is -2.38. The topological polar surface area (TPSA) is 97.1 Å². The van der Waals surface area contributed by atoms with Crippen LogP contribution in [0.1, 0.15) is 11.8 Å². The summed E-state index contributed by atoms with van der Waals surface area (Å²) in [5.74, 6) is -0.472. The molecule has 0 saturated carbocycles. The van der Waals surface area contributed by atoms with E-state index in [0.29, 0.717) is 0 Å². The van der Waals surface area contributed by atoms with Gasteiger partial charge in [0.15, 0.2) is 5.37 Å². The molecule has 0 unspecified atom stereocenters. The van der Waals surface area contributed by atoms with E-state index in [1.54, 1.807) is 11.4 Å². The highest BCUT2D eigenvalue weighted by atomic mass is 32.2. The Morgan fingerprint density at radius 1 is 1.30 bits per heavy atom. The highest BCUT2D eigenvalue weighted by Gasteiger charge is 2.60. The second kappa shape index (κ2) is 4.93. The van der Waals surface area contributed by atoms with Gasteiger partial charge in [0.05, 0.1) is 4.90 Å². The Labute approximate surface area is 128 Å². The lowest BCUT2D eigenvalue weighted by molar-refractivity contribution is -0.254. The molecule has 23 heavy (non-hydrogen) atoms. The maximum atomic E-state index is 13.1. The normalized spacial score (nSPS) is 24.8. The first-order chi connectivity index (χ1) is 10.7. The predicted octanol–water partition coefficient (Wildman–Crippen LogP) is 1.32. The molecule has 0 aliphatic carbocycles.